The molecule has 2 aromatic heterocycles. The van der Waals surface area contributed by atoms with Gasteiger partial charge in [0.25, 0.3) is 0 Å². The molecular formula is C18H22N2O3S. The van der Waals surface area contributed by atoms with Crippen LogP contribution in [-0.2, 0) is 22.6 Å². The Morgan fingerprint density at radius 3 is 3.21 bits per heavy atom. The van der Waals surface area contributed by atoms with Crippen molar-refractivity contribution in [3.8, 4) is 0 Å². The molecule has 2 aliphatic rings. The topological polar surface area (TPSA) is 54.7 Å². The molecule has 1 N–H and O–H groups in total. The van der Waals surface area contributed by atoms with Crippen molar-refractivity contribution < 1.29 is 13.9 Å². The van der Waals surface area contributed by atoms with E-state index in [0.717, 1.165) is 32.0 Å². The first-order valence-corrected chi connectivity index (χ1v) is 9.28. The van der Waals surface area contributed by atoms with E-state index < -0.39 is 0 Å². The van der Waals surface area contributed by atoms with Gasteiger partial charge in [0, 0.05) is 37.4 Å². The molecule has 1 amide bonds. The number of carbonyl (C=O) groups excluding carboxylic acids is 1. The Labute approximate surface area is 145 Å². The lowest BCUT2D eigenvalue weighted by Gasteiger charge is -2.26. The summed E-state index contributed by atoms with van der Waals surface area (Å²) in [5, 5.41) is 7.29. The summed E-state index contributed by atoms with van der Waals surface area (Å²) >= 11 is 1.73. The Balaban J connectivity index is 1.36. The third-order valence-electron chi connectivity index (χ3n) is 5.13. The summed E-state index contributed by atoms with van der Waals surface area (Å²) in [6.45, 7) is 4.82. The van der Waals surface area contributed by atoms with E-state index in [2.05, 4.69) is 27.0 Å². The first kappa shape index (κ1) is 15.9. The molecule has 2 saturated heterocycles. The molecule has 0 unspecified atom stereocenters. The highest BCUT2D eigenvalue weighted by molar-refractivity contribution is 7.07. The summed E-state index contributed by atoms with van der Waals surface area (Å²) in [5.41, 5.74) is 1.32. The number of hydrogen-bond acceptors (Lipinski definition) is 5. The molecular weight excluding hydrogens is 324 g/mol. The van der Waals surface area contributed by atoms with Crippen LogP contribution in [0.3, 0.4) is 0 Å². The van der Waals surface area contributed by atoms with Crippen molar-refractivity contribution in [2.75, 3.05) is 26.3 Å². The SMILES string of the molecule is O=C(C[C@@]12COC[C@@H]1CN(Cc1ccsc1)C2)NCc1ccco1. The minimum Gasteiger partial charge on any atom is -0.467 e. The first-order valence-electron chi connectivity index (χ1n) is 8.34. The molecule has 0 spiro atoms. The first-order chi connectivity index (χ1) is 11.7. The average Bonchev–Trinajstić information content (AvgIpc) is 3.30. The smallest absolute Gasteiger partial charge is 0.221 e. The monoisotopic (exact) mass is 346 g/mol. The maximum atomic E-state index is 12.4. The van der Waals surface area contributed by atoms with Gasteiger partial charge in [-0.3, -0.25) is 9.69 Å². The minimum atomic E-state index is -0.0384. The van der Waals surface area contributed by atoms with Gasteiger partial charge in [-0.05, 0) is 34.5 Å². The van der Waals surface area contributed by atoms with Gasteiger partial charge in [-0.15, -0.1) is 0 Å². The van der Waals surface area contributed by atoms with Gasteiger partial charge in [-0.1, -0.05) is 0 Å². The second-order valence-electron chi connectivity index (χ2n) is 6.91. The number of ether oxygens (including phenoxy) is 1. The Kier molecular flexibility index (Phi) is 4.43. The molecule has 2 fully saturated rings. The van der Waals surface area contributed by atoms with Crippen LogP contribution in [0.4, 0.5) is 0 Å². The van der Waals surface area contributed by atoms with Gasteiger partial charge < -0.3 is 14.5 Å². The van der Waals surface area contributed by atoms with Gasteiger partial charge in [0.1, 0.15) is 5.76 Å². The van der Waals surface area contributed by atoms with Crippen LogP contribution >= 0.6 is 11.3 Å². The van der Waals surface area contributed by atoms with E-state index in [1.54, 1.807) is 17.6 Å². The fourth-order valence-electron chi connectivity index (χ4n) is 3.94. The fraction of sp³-hybridized carbons (Fsp3) is 0.500. The zero-order chi connectivity index (χ0) is 16.4. The summed E-state index contributed by atoms with van der Waals surface area (Å²) in [6.07, 6.45) is 2.15. The number of nitrogens with zero attached hydrogens (tertiary/aromatic N) is 1. The summed E-state index contributed by atoms with van der Waals surface area (Å²) in [7, 11) is 0. The van der Waals surface area contributed by atoms with Gasteiger partial charge in [0.2, 0.25) is 5.91 Å². The molecule has 2 atom stereocenters. The fourth-order valence-corrected chi connectivity index (χ4v) is 4.60. The lowest BCUT2D eigenvalue weighted by atomic mass is 9.78. The number of likely N-dealkylation sites (tertiary alicyclic amines) is 1. The average molecular weight is 346 g/mol. The van der Waals surface area contributed by atoms with Crippen molar-refractivity contribution in [3.63, 3.8) is 0 Å². The van der Waals surface area contributed by atoms with Crippen LogP contribution in [-0.4, -0.2) is 37.1 Å². The number of thiophene rings is 1. The molecule has 0 aromatic carbocycles. The molecule has 4 rings (SSSR count). The number of amides is 1. The van der Waals surface area contributed by atoms with E-state index >= 15 is 0 Å². The van der Waals surface area contributed by atoms with Crippen LogP contribution in [0.25, 0.3) is 0 Å². The molecule has 4 heterocycles. The van der Waals surface area contributed by atoms with Crippen molar-refractivity contribution >= 4 is 17.2 Å². The van der Waals surface area contributed by atoms with Crippen molar-refractivity contribution in [1.29, 1.82) is 0 Å². The van der Waals surface area contributed by atoms with Gasteiger partial charge >= 0.3 is 0 Å². The molecule has 0 radical (unpaired) electrons. The summed E-state index contributed by atoms with van der Waals surface area (Å²) < 4.78 is 11.0. The number of carbonyl (C=O) groups is 1. The molecule has 2 aromatic rings. The van der Waals surface area contributed by atoms with Gasteiger partial charge in [0.05, 0.1) is 26.0 Å². The summed E-state index contributed by atoms with van der Waals surface area (Å²) in [6, 6.07) is 5.89. The molecule has 0 saturated carbocycles. The van der Waals surface area contributed by atoms with E-state index in [4.69, 9.17) is 9.15 Å². The molecule has 2 aliphatic heterocycles. The normalized spacial score (nSPS) is 26.6. The summed E-state index contributed by atoms with van der Waals surface area (Å²) in [5.74, 6) is 1.32. The zero-order valence-corrected chi connectivity index (χ0v) is 14.4. The van der Waals surface area contributed by atoms with Crippen LogP contribution in [0, 0.1) is 11.3 Å². The number of rotatable bonds is 6. The maximum absolute atomic E-state index is 12.4. The molecule has 0 bridgehead atoms. The van der Waals surface area contributed by atoms with E-state index in [1.807, 2.05) is 12.1 Å². The molecule has 0 aliphatic carbocycles. The van der Waals surface area contributed by atoms with Crippen molar-refractivity contribution in [2.24, 2.45) is 11.3 Å². The van der Waals surface area contributed by atoms with Crippen LogP contribution in [0.15, 0.2) is 39.6 Å². The zero-order valence-electron chi connectivity index (χ0n) is 13.6. The van der Waals surface area contributed by atoms with Crippen molar-refractivity contribution in [1.82, 2.24) is 10.2 Å². The van der Waals surface area contributed by atoms with E-state index in [9.17, 15) is 4.79 Å². The minimum absolute atomic E-state index is 0.0384. The molecule has 5 nitrogen and oxygen atoms in total. The predicted octanol–water partition coefficient (Wildman–Crippen LogP) is 2.50. The quantitative estimate of drug-likeness (QED) is 0.873. The number of fused-ring (bicyclic) bond motifs is 1. The Morgan fingerprint density at radius 1 is 1.46 bits per heavy atom. The van der Waals surface area contributed by atoms with Crippen LogP contribution in [0.1, 0.15) is 17.7 Å². The number of hydrogen-bond donors (Lipinski definition) is 1. The second kappa shape index (κ2) is 6.70. The Bertz CT molecular complexity index is 671. The van der Waals surface area contributed by atoms with Gasteiger partial charge in [-0.2, -0.15) is 11.3 Å². The van der Waals surface area contributed by atoms with Crippen LogP contribution in [0.5, 0.6) is 0 Å². The highest BCUT2D eigenvalue weighted by atomic mass is 32.1. The predicted molar refractivity (Wildman–Crippen MR) is 91.5 cm³/mol. The van der Waals surface area contributed by atoms with Gasteiger partial charge in [-0.25, -0.2) is 0 Å². The molecule has 24 heavy (non-hydrogen) atoms. The highest BCUT2D eigenvalue weighted by Gasteiger charge is 2.51. The van der Waals surface area contributed by atoms with Gasteiger partial charge in [0.15, 0.2) is 0 Å². The molecule has 128 valence electrons. The largest absolute Gasteiger partial charge is 0.467 e. The van der Waals surface area contributed by atoms with Crippen molar-refractivity contribution in [3.05, 3.63) is 46.5 Å². The third-order valence-corrected chi connectivity index (χ3v) is 5.86. The third kappa shape index (κ3) is 3.27. The van der Waals surface area contributed by atoms with E-state index in [1.165, 1.54) is 5.56 Å². The second-order valence-corrected chi connectivity index (χ2v) is 7.69. The standard InChI is InChI=1S/C18H22N2O3S/c21-17(19-7-16-2-1-4-23-16)6-18-12-20(8-14-3-5-24-11-14)9-15(18)10-22-13-18/h1-5,11,15H,6-10,12-13H2,(H,19,21)/t15-,18+/m0/s1. The Morgan fingerprint density at radius 2 is 2.42 bits per heavy atom. The molecule has 6 heteroatoms. The van der Waals surface area contributed by atoms with Crippen molar-refractivity contribution in [2.45, 2.75) is 19.5 Å². The maximum Gasteiger partial charge on any atom is 0.221 e. The summed E-state index contributed by atoms with van der Waals surface area (Å²) in [4.78, 5) is 14.9. The van der Waals surface area contributed by atoms with E-state index in [-0.39, 0.29) is 11.3 Å². The number of nitrogens with one attached hydrogen (secondary N) is 1. The van der Waals surface area contributed by atoms with E-state index in [0.29, 0.717) is 25.5 Å². The highest BCUT2D eigenvalue weighted by Crippen LogP contribution is 2.44. The lowest BCUT2D eigenvalue weighted by Crippen LogP contribution is -2.37. The van der Waals surface area contributed by atoms with Crippen LogP contribution in [0.2, 0.25) is 0 Å². The van der Waals surface area contributed by atoms with Crippen LogP contribution < -0.4 is 5.32 Å². The Hall–Kier alpha value is -1.63. The lowest BCUT2D eigenvalue weighted by molar-refractivity contribution is -0.124. The number of furan rings is 1.